The van der Waals surface area contributed by atoms with Crippen LogP contribution in [0.4, 0.5) is 0 Å². The first-order valence-electron chi connectivity index (χ1n) is 6.55. The molecule has 1 aliphatic rings. The quantitative estimate of drug-likeness (QED) is 0.776. The average Bonchev–Trinajstić information content (AvgIpc) is 2.29. The van der Waals surface area contributed by atoms with Crippen molar-refractivity contribution in [3.63, 3.8) is 0 Å². The number of hydrogen-bond acceptors (Lipinski definition) is 2. The van der Waals surface area contributed by atoms with E-state index in [0.29, 0.717) is 25.3 Å². The third-order valence-electron chi connectivity index (χ3n) is 3.50. The van der Waals surface area contributed by atoms with Crippen LogP contribution in [0.25, 0.3) is 0 Å². The molecule has 0 aromatic carbocycles. The van der Waals surface area contributed by atoms with Gasteiger partial charge in [-0.3, -0.25) is 9.59 Å². The van der Waals surface area contributed by atoms with Crippen molar-refractivity contribution in [3.05, 3.63) is 0 Å². The summed E-state index contributed by atoms with van der Waals surface area (Å²) in [7, 11) is 1.77. The first-order valence-corrected chi connectivity index (χ1v) is 6.55. The Hall–Kier alpha value is -1.06. The third-order valence-corrected chi connectivity index (χ3v) is 3.50. The van der Waals surface area contributed by atoms with Crippen LogP contribution in [0.3, 0.4) is 0 Å². The highest BCUT2D eigenvalue weighted by molar-refractivity contribution is 5.76. The summed E-state index contributed by atoms with van der Waals surface area (Å²) < 4.78 is 0. The van der Waals surface area contributed by atoms with E-state index in [1.54, 1.807) is 11.9 Å². The lowest BCUT2D eigenvalue weighted by molar-refractivity contribution is -0.138. The molecule has 0 spiro atoms. The Kier molecular flexibility index (Phi) is 6.01. The number of carbonyl (C=O) groups is 2. The monoisotopic (exact) mass is 241 g/mol. The highest BCUT2D eigenvalue weighted by atomic mass is 16.4. The highest BCUT2D eigenvalue weighted by Gasteiger charge is 2.19. The maximum Gasteiger partial charge on any atom is 0.303 e. The third kappa shape index (κ3) is 5.71. The number of carboxylic acid groups (broad SMARTS) is 1. The molecule has 0 atom stereocenters. The van der Waals surface area contributed by atoms with Gasteiger partial charge in [0.1, 0.15) is 0 Å². The summed E-state index contributed by atoms with van der Waals surface area (Å²) in [6.07, 6.45) is 7.48. The van der Waals surface area contributed by atoms with E-state index in [9.17, 15) is 9.59 Å². The van der Waals surface area contributed by atoms with Gasteiger partial charge in [-0.2, -0.15) is 0 Å². The summed E-state index contributed by atoms with van der Waals surface area (Å²) in [5.74, 6) is -0.0707. The Morgan fingerprint density at radius 2 is 1.88 bits per heavy atom. The Morgan fingerprint density at radius 1 is 1.24 bits per heavy atom. The van der Waals surface area contributed by atoms with Gasteiger partial charge < -0.3 is 10.0 Å². The van der Waals surface area contributed by atoms with Crippen LogP contribution < -0.4 is 0 Å². The van der Waals surface area contributed by atoms with Gasteiger partial charge in [0.15, 0.2) is 0 Å². The normalized spacial score (nSPS) is 16.8. The zero-order chi connectivity index (χ0) is 12.7. The minimum Gasteiger partial charge on any atom is -0.481 e. The lowest BCUT2D eigenvalue weighted by Gasteiger charge is -2.24. The van der Waals surface area contributed by atoms with Crippen molar-refractivity contribution in [3.8, 4) is 0 Å². The first-order chi connectivity index (χ1) is 8.09. The molecule has 0 aliphatic heterocycles. The van der Waals surface area contributed by atoms with E-state index in [1.807, 2.05) is 0 Å². The maximum absolute atomic E-state index is 11.9. The fourth-order valence-corrected chi connectivity index (χ4v) is 2.39. The predicted molar refractivity (Wildman–Crippen MR) is 65.7 cm³/mol. The fourth-order valence-electron chi connectivity index (χ4n) is 2.39. The van der Waals surface area contributed by atoms with Crippen LogP contribution in [-0.4, -0.2) is 35.5 Å². The topological polar surface area (TPSA) is 57.6 Å². The largest absolute Gasteiger partial charge is 0.481 e. The van der Waals surface area contributed by atoms with Gasteiger partial charge in [-0.15, -0.1) is 0 Å². The number of nitrogens with zero attached hydrogens (tertiary/aromatic N) is 1. The van der Waals surface area contributed by atoms with Gasteiger partial charge in [-0.1, -0.05) is 19.3 Å². The van der Waals surface area contributed by atoms with E-state index < -0.39 is 5.97 Å². The van der Waals surface area contributed by atoms with Crippen molar-refractivity contribution in [1.29, 1.82) is 0 Å². The number of amides is 1. The van der Waals surface area contributed by atoms with Crippen molar-refractivity contribution in [2.75, 3.05) is 13.6 Å². The molecule has 4 heteroatoms. The lowest BCUT2D eigenvalue weighted by Crippen LogP contribution is -2.30. The lowest BCUT2D eigenvalue weighted by atomic mass is 9.87. The van der Waals surface area contributed by atoms with E-state index in [2.05, 4.69) is 0 Å². The minimum absolute atomic E-state index is 0.140. The summed E-state index contributed by atoms with van der Waals surface area (Å²) >= 11 is 0. The number of carboxylic acids is 1. The molecule has 0 radical (unpaired) electrons. The van der Waals surface area contributed by atoms with Gasteiger partial charge in [-0.05, 0) is 25.2 Å². The molecular weight excluding hydrogens is 218 g/mol. The van der Waals surface area contributed by atoms with Crippen molar-refractivity contribution < 1.29 is 14.7 Å². The zero-order valence-electron chi connectivity index (χ0n) is 10.7. The molecule has 4 nitrogen and oxygen atoms in total. The standard InChI is InChI=1S/C13H23NO3/c1-14(9-5-8-13(16)17)12(15)10-11-6-3-2-4-7-11/h11H,2-10H2,1H3,(H,16,17). The second kappa shape index (κ2) is 7.30. The van der Waals surface area contributed by atoms with Gasteiger partial charge in [0.25, 0.3) is 0 Å². The van der Waals surface area contributed by atoms with E-state index in [0.717, 1.165) is 0 Å². The van der Waals surface area contributed by atoms with Crippen LogP contribution >= 0.6 is 0 Å². The number of aliphatic carboxylic acids is 1. The molecular formula is C13H23NO3. The molecule has 0 aromatic heterocycles. The van der Waals surface area contributed by atoms with Gasteiger partial charge in [-0.25, -0.2) is 0 Å². The van der Waals surface area contributed by atoms with E-state index in [4.69, 9.17) is 5.11 Å². The highest BCUT2D eigenvalue weighted by Crippen LogP contribution is 2.26. The van der Waals surface area contributed by atoms with Crippen LogP contribution in [0.2, 0.25) is 0 Å². The van der Waals surface area contributed by atoms with E-state index in [-0.39, 0.29) is 12.3 Å². The Balaban J connectivity index is 2.18. The summed E-state index contributed by atoms with van der Waals surface area (Å²) in [5.41, 5.74) is 0. The first kappa shape index (κ1) is 14.0. The van der Waals surface area contributed by atoms with Crippen LogP contribution in [0.15, 0.2) is 0 Å². The zero-order valence-corrected chi connectivity index (χ0v) is 10.7. The molecule has 1 N–H and O–H groups in total. The molecule has 1 aliphatic carbocycles. The second-order valence-electron chi connectivity index (χ2n) is 5.02. The molecule has 98 valence electrons. The van der Waals surface area contributed by atoms with Gasteiger partial charge >= 0.3 is 5.97 Å². The Morgan fingerprint density at radius 3 is 2.47 bits per heavy atom. The molecule has 1 rings (SSSR count). The van der Waals surface area contributed by atoms with Crippen molar-refractivity contribution in [1.82, 2.24) is 4.90 Å². The Bertz CT molecular complexity index is 259. The van der Waals surface area contributed by atoms with Crippen LogP contribution in [-0.2, 0) is 9.59 Å². The van der Waals surface area contributed by atoms with Gasteiger partial charge in [0.2, 0.25) is 5.91 Å². The molecule has 17 heavy (non-hydrogen) atoms. The minimum atomic E-state index is -0.793. The van der Waals surface area contributed by atoms with Crippen molar-refractivity contribution in [2.24, 2.45) is 5.92 Å². The summed E-state index contributed by atoms with van der Waals surface area (Å²) in [5, 5.41) is 8.52. The van der Waals surface area contributed by atoms with Crippen LogP contribution in [0.1, 0.15) is 51.4 Å². The molecule has 0 unspecified atom stereocenters. The molecule has 1 fully saturated rings. The summed E-state index contributed by atoms with van der Waals surface area (Å²) in [6, 6.07) is 0. The Labute approximate surface area is 103 Å². The van der Waals surface area contributed by atoms with E-state index >= 15 is 0 Å². The smallest absolute Gasteiger partial charge is 0.303 e. The summed E-state index contributed by atoms with van der Waals surface area (Å²) in [6.45, 7) is 0.553. The molecule has 0 heterocycles. The predicted octanol–water partition coefficient (Wildman–Crippen LogP) is 2.28. The number of carbonyl (C=O) groups excluding carboxylic acids is 1. The second-order valence-corrected chi connectivity index (χ2v) is 5.02. The molecule has 0 bridgehead atoms. The van der Waals surface area contributed by atoms with Gasteiger partial charge in [0, 0.05) is 26.4 Å². The maximum atomic E-state index is 11.9. The van der Waals surface area contributed by atoms with Crippen LogP contribution in [0.5, 0.6) is 0 Å². The average molecular weight is 241 g/mol. The van der Waals surface area contributed by atoms with Crippen LogP contribution in [0, 0.1) is 5.92 Å². The summed E-state index contributed by atoms with van der Waals surface area (Å²) in [4.78, 5) is 23.9. The number of hydrogen-bond donors (Lipinski definition) is 1. The molecule has 0 aromatic rings. The molecule has 0 saturated heterocycles. The van der Waals surface area contributed by atoms with Crippen molar-refractivity contribution in [2.45, 2.75) is 51.4 Å². The van der Waals surface area contributed by atoms with E-state index in [1.165, 1.54) is 32.1 Å². The number of rotatable bonds is 6. The molecule has 1 amide bonds. The van der Waals surface area contributed by atoms with Crippen molar-refractivity contribution >= 4 is 11.9 Å². The molecule has 1 saturated carbocycles. The fraction of sp³-hybridized carbons (Fsp3) is 0.846. The SMILES string of the molecule is CN(CCCC(=O)O)C(=O)CC1CCCCC1. The van der Waals surface area contributed by atoms with Gasteiger partial charge in [0.05, 0.1) is 0 Å².